The lowest BCUT2D eigenvalue weighted by Gasteiger charge is -1.99. The van der Waals surface area contributed by atoms with Crippen LogP contribution in [0.5, 0.6) is 0 Å². The number of nitrogens with zero attached hydrogens (tertiary/aromatic N) is 1. The zero-order valence-corrected chi connectivity index (χ0v) is 8.89. The van der Waals surface area contributed by atoms with Crippen molar-refractivity contribution in [2.45, 2.75) is 12.8 Å². The fourth-order valence-corrected chi connectivity index (χ4v) is 1.52. The van der Waals surface area contributed by atoms with E-state index in [9.17, 15) is 9.18 Å². The molecule has 0 aliphatic rings. The minimum Gasteiger partial charge on any atom is -0.481 e. The lowest BCUT2D eigenvalue weighted by Crippen LogP contribution is -1.97. The Morgan fingerprint density at radius 3 is 2.71 bits per heavy atom. The summed E-state index contributed by atoms with van der Waals surface area (Å²) in [7, 11) is 0. The van der Waals surface area contributed by atoms with Gasteiger partial charge in [0, 0.05) is 17.5 Å². The van der Waals surface area contributed by atoms with E-state index in [-0.39, 0.29) is 12.2 Å². The zero-order valence-electron chi connectivity index (χ0n) is 8.89. The molecule has 4 nitrogen and oxygen atoms in total. The van der Waals surface area contributed by atoms with Crippen molar-refractivity contribution >= 4 is 5.97 Å². The molecule has 0 bridgehead atoms. The molecule has 0 spiro atoms. The van der Waals surface area contributed by atoms with Gasteiger partial charge >= 0.3 is 5.97 Å². The number of hydrogen-bond donors (Lipinski definition) is 1. The van der Waals surface area contributed by atoms with Crippen LogP contribution in [-0.4, -0.2) is 16.2 Å². The molecule has 0 aliphatic carbocycles. The predicted molar refractivity (Wildman–Crippen MR) is 57.9 cm³/mol. The van der Waals surface area contributed by atoms with Crippen LogP contribution in [0.4, 0.5) is 4.39 Å². The minimum absolute atomic E-state index is 0.00933. The number of aliphatic carboxylic acids is 1. The number of benzene rings is 1. The second-order valence-electron chi connectivity index (χ2n) is 3.59. The van der Waals surface area contributed by atoms with Gasteiger partial charge in [-0.3, -0.25) is 4.79 Å². The van der Waals surface area contributed by atoms with Gasteiger partial charge in [0.2, 0.25) is 0 Å². The van der Waals surface area contributed by atoms with E-state index in [4.69, 9.17) is 9.63 Å². The quantitative estimate of drug-likeness (QED) is 0.884. The summed E-state index contributed by atoms with van der Waals surface area (Å²) in [6, 6.07) is 5.81. The number of rotatable bonds is 4. The van der Waals surface area contributed by atoms with Crippen LogP contribution in [0, 0.1) is 5.82 Å². The van der Waals surface area contributed by atoms with Gasteiger partial charge in [-0.25, -0.2) is 4.39 Å². The SMILES string of the molecule is O=C(O)CCc1conc1-c1ccc(F)cc1. The lowest BCUT2D eigenvalue weighted by molar-refractivity contribution is -0.136. The molecule has 0 saturated heterocycles. The van der Waals surface area contributed by atoms with Crippen LogP contribution in [0.2, 0.25) is 0 Å². The Morgan fingerprint density at radius 2 is 2.06 bits per heavy atom. The molecule has 17 heavy (non-hydrogen) atoms. The maximum Gasteiger partial charge on any atom is 0.303 e. The summed E-state index contributed by atoms with van der Waals surface area (Å²) in [5, 5.41) is 12.4. The summed E-state index contributed by atoms with van der Waals surface area (Å²) >= 11 is 0. The molecule has 1 N–H and O–H groups in total. The van der Waals surface area contributed by atoms with E-state index in [0.29, 0.717) is 23.2 Å². The molecular formula is C12H10FNO3. The molecule has 1 aromatic carbocycles. The number of halogens is 1. The molecule has 0 fully saturated rings. The molecule has 0 saturated carbocycles. The highest BCUT2D eigenvalue weighted by atomic mass is 19.1. The normalized spacial score (nSPS) is 10.4. The van der Waals surface area contributed by atoms with Gasteiger partial charge in [0.05, 0.1) is 0 Å². The van der Waals surface area contributed by atoms with Crippen LogP contribution in [0.3, 0.4) is 0 Å². The highest BCUT2D eigenvalue weighted by Crippen LogP contribution is 2.23. The molecule has 1 aromatic heterocycles. The topological polar surface area (TPSA) is 63.3 Å². The van der Waals surface area contributed by atoms with Gasteiger partial charge in [0.25, 0.3) is 0 Å². The first-order chi connectivity index (χ1) is 8.16. The third kappa shape index (κ3) is 2.69. The molecule has 0 aliphatic heterocycles. The van der Waals surface area contributed by atoms with E-state index >= 15 is 0 Å². The van der Waals surface area contributed by atoms with Gasteiger partial charge in [0.1, 0.15) is 17.8 Å². The molecule has 0 unspecified atom stereocenters. The van der Waals surface area contributed by atoms with E-state index in [1.54, 1.807) is 12.1 Å². The molecule has 88 valence electrons. The summed E-state index contributed by atoms with van der Waals surface area (Å²) in [5.74, 6) is -1.21. The summed E-state index contributed by atoms with van der Waals surface area (Å²) in [6.07, 6.45) is 1.77. The number of carboxylic acids is 1. The van der Waals surface area contributed by atoms with Crippen LogP contribution < -0.4 is 0 Å². The first kappa shape index (κ1) is 11.3. The Morgan fingerprint density at radius 1 is 1.35 bits per heavy atom. The van der Waals surface area contributed by atoms with Crippen molar-refractivity contribution in [3.05, 3.63) is 41.9 Å². The Kier molecular flexibility index (Phi) is 3.18. The Hall–Kier alpha value is -2.17. The van der Waals surface area contributed by atoms with Crippen molar-refractivity contribution in [3.8, 4) is 11.3 Å². The third-order valence-electron chi connectivity index (χ3n) is 2.37. The average Bonchev–Trinajstić information content (AvgIpc) is 2.75. The van der Waals surface area contributed by atoms with E-state index < -0.39 is 5.97 Å². The van der Waals surface area contributed by atoms with Crippen molar-refractivity contribution in [2.75, 3.05) is 0 Å². The van der Waals surface area contributed by atoms with Gasteiger partial charge in [-0.1, -0.05) is 5.16 Å². The van der Waals surface area contributed by atoms with E-state index in [1.165, 1.54) is 18.4 Å². The fraction of sp³-hybridized carbons (Fsp3) is 0.167. The van der Waals surface area contributed by atoms with Gasteiger partial charge in [-0.05, 0) is 30.7 Å². The molecular weight excluding hydrogens is 225 g/mol. The monoisotopic (exact) mass is 235 g/mol. The number of carboxylic acid groups (broad SMARTS) is 1. The summed E-state index contributed by atoms with van der Waals surface area (Å²) in [4.78, 5) is 10.5. The average molecular weight is 235 g/mol. The second kappa shape index (κ2) is 4.78. The fourth-order valence-electron chi connectivity index (χ4n) is 1.52. The molecule has 5 heteroatoms. The summed E-state index contributed by atoms with van der Waals surface area (Å²) < 4.78 is 17.6. The first-order valence-electron chi connectivity index (χ1n) is 5.08. The molecule has 2 rings (SSSR count). The van der Waals surface area contributed by atoms with Gasteiger partial charge in [-0.2, -0.15) is 0 Å². The number of carbonyl (C=O) groups is 1. The number of aryl methyl sites for hydroxylation is 1. The Bertz CT molecular complexity index is 519. The molecule has 0 atom stereocenters. The number of aromatic nitrogens is 1. The molecule has 1 heterocycles. The maximum atomic E-state index is 12.8. The molecule has 2 aromatic rings. The van der Waals surface area contributed by atoms with Crippen molar-refractivity contribution in [2.24, 2.45) is 0 Å². The van der Waals surface area contributed by atoms with Crippen molar-refractivity contribution < 1.29 is 18.8 Å². The minimum atomic E-state index is -0.878. The Labute approximate surface area is 96.7 Å². The van der Waals surface area contributed by atoms with Crippen LogP contribution in [0.15, 0.2) is 35.1 Å². The lowest BCUT2D eigenvalue weighted by atomic mass is 10.0. The molecule has 0 amide bonds. The van der Waals surface area contributed by atoms with Crippen LogP contribution >= 0.6 is 0 Å². The van der Waals surface area contributed by atoms with Gasteiger partial charge in [-0.15, -0.1) is 0 Å². The third-order valence-corrected chi connectivity index (χ3v) is 2.37. The van der Waals surface area contributed by atoms with Crippen LogP contribution in [-0.2, 0) is 11.2 Å². The molecule has 0 radical (unpaired) electrons. The van der Waals surface area contributed by atoms with Gasteiger partial charge in [0.15, 0.2) is 0 Å². The van der Waals surface area contributed by atoms with Crippen LogP contribution in [0.25, 0.3) is 11.3 Å². The van der Waals surface area contributed by atoms with E-state index in [2.05, 4.69) is 5.16 Å². The Balaban J connectivity index is 2.24. The zero-order chi connectivity index (χ0) is 12.3. The van der Waals surface area contributed by atoms with Crippen molar-refractivity contribution in [1.82, 2.24) is 5.16 Å². The highest BCUT2D eigenvalue weighted by molar-refractivity contribution is 5.68. The number of hydrogen-bond acceptors (Lipinski definition) is 3. The summed E-state index contributed by atoms with van der Waals surface area (Å²) in [5.41, 5.74) is 1.98. The van der Waals surface area contributed by atoms with E-state index in [1.807, 2.05) is 0 Å². The highest BCUT2D eigenvalue weighted by Gasteiger charge is 2.11. The standard InChI is InChI=1S/C12H10FNO3/c13-10-4-1-8(2-5-10)12-9(7-17-14-12)3-6-11(15)16/h1-2,4-5,7H,3,6H2,(H,15,16). The smallest absolute Gasteiger partial charge is 0.303 e. The first-order valence-corrected chi connectivity index (χ1v) is 5.08. The van der Waals surface area contributed by atoms with Gasteiger partial charge < -0.3 is 9.63 Å². The predicted octanol–water partition coefficient (Wildman–Crippen LogP) is 2.50. The van der Waals surface area contributed by atoms with E-state index in [0.717, 1.165) is 0 Å². The van der Waals surface area contributed by atoms with Crippen LogP contribution in [0.1, 0.15) is 12.0 Å². The largest absolute Gasteiger partial charge is 0.481 e. The second-order valence-corrected chi connectivity index (χ2v) is 3.59. The van der Waals surface area contributed by atoms with Crippen molar-refractivity contribution in [1.29, 1.82) is 0 Å². The summed E-state index contributed by atoms with van der Waals surface area (Å²) in [6.45, 7) is 0. The maximum absolute atomic E-state index is 12.8. The van der Waals surface area contributed by atoms with Crippen molar-refractivity contribution in [3.63, 3.8) is 0 Å².